The first kappa shape index (κ1) is 18.1. The fraction of sp³-hybridized carbons (Fsp3) is 0.0556. The lowest BCUT2D eigenvalue weighted by molar-refractivity contribution is 0.520. The molecule has 0 saturated carbocycles. The van der Waals surface area contributed by atoms with E-state index in [2.05, 4.69) is 4.98 Å². The van der Waals surface area contributed by atoms with Crippen molar-refractivity contribution in [2.75, 3.05) is 0 Å². The van der Waals surface area contributed by atoms with Crippen LogP contribution in [0.4, 0.5) is 13.2 Å². The molecule has 2 N–H and O–H groups in total. The van der Waals surface area contributed by atoms with Crippen molar-refractivity contribution >= 4 is 10.0 Å². The fourth-order valence-corrected chi connectivity index (χ4v) is 3.26. The number of hydrogen-bond acceptors (Lipinski definition) is 3. The van der Waals surface area contributed by atoms with E-state index in [1.807, 2.05) is 0 Å². The summed E-state index contributed by atoms with van der Waals surface area (Å²) in [7, 11) is -4.55. The highest BCUT2D eigenvalue weighted by Gasteiger charge is 2.22. The van der Waals surface area contributed by atoms with Crippen LogP contribution in [0.25, 0.3) is 22.4 Å². The number of nitrogens with zero attached hydrogens (tertiary/aromatic N) is 1. The second-order valence-corrected chi connectivity index (χ2v) is 7.18. The van der Waals surface area contributed by atoms with Crippen LogP contribution < -0.4 is 5.14 Å². The smallest absolute Gasteiger partial charge is 0.243 e. The van der Waals surface area contributed by atoms with Crippen molar-refractivity contribution in [3.05, 3.63) is 71.7 Å². The molecule has 0 fully saturated rings. The lowest BCUT2D eigenvalue weighted by atomic mass is 9.98. The Labute approximate surface area is 148 Å². The van der Waals surface area contributed by atoms with Crippen molar-refractivity contribution in [3.8, 4) is 22.4 Å². The summed E-state index contributed by atoms with van der Waals surface area (Å²) in [5.41, 5.74) is 1.53. The van der Waals surface area contributed by atoms with Crippen LogP contribution in [0.15, 0.2) is 53.6 Å². The first-order valence-electron chi connectivity index (χ1n) is 7.42. The summed E-state index contributed by atoms with van der Waals surface area (Å²) in [5, 5.41) is 4.84. The molecule has 3 rings (SSSR count). The van der Waals surface area contributed by atoms with Crippen LogP contribution >= 0.6 is 0 Å². The molecule has 0 atom stereocenters. The summed E-state index contributed by atoms with van der Waals surface area (Å²) in [6, 6.07) is 9.27. The molecular formula is C18H13F3N2O2S. The van der Waals surface area contributed by atoms with E-state index in [0.29, 0.717) is 22.4 Å². The highest BCUT2D eigenvalue weighted by molar-refractivity contribution is 7.89. The molecule has 0 aliphatic rings. The number of pyridine rings is 1. The number of aromatic nitrogens is 1. The summed E-state index contributed by atoms with van der Waals surface area (Å²) in [5.74, 6) is -3.07. The molecule has 134 valence electrons. The Kier molecular flexibility index (Phi) is 4.55. The third kappa shape index (κ3) is 3.33. The van der Waals surface area contributed by atoms with Crippen LogP contribution in [-0.2, 0) is 10.0 Å². The highest BCUT2D eigenvalue weighted by Crippen LogP contribution is 2.33. The maximum atomic E-state index is 14.2. The monoisotopic (exact) mass is 378 g/mol. The molecule has 0 aliphatic carbocycles. The van der Waals surface area contributed by atoms with E-state index in [1.165, 1.54) is 12.3 Å². The van der Waals surface area contributed by atoms with Gasteiger partial charge in [-0.05, 0) is 42.3 Å². The normalized spacial score (nSPS) is 11.6. The number of halogens is 3. The van der Waals surface area contributed by atoms with E-state index in [-0.39, 0.29) is 5.56 Å². The highest BCUT2D eigenvalue weighted by atomic mass is 32.2. The molecule has 8 heteroatoms. The van der Waals surface area contributed by atoms with Crippen LogP contribution in [0, 0.1) is 24.4 Å². The fourth-order valence-electron chi connectivity index (χ4n) is 2.60. The molecule has 26 heavy (non-hydrogen) atoms. The SMILES string of the molecule is Cc1ccc(-c2ncccc2-c2cc(F)c(S(N)(=O)=O)c(F)c2)cc1F. The van der Waals surface area contributed by atoms with E-state index in [1.54, 1.807) is 31.2 Å². The van der Waals surface area contributed by atoms with Crippen LogP contribution in [-0.4, -0.2) is 13.4 Å². The number of hydrogen-bond donors (Lipinski definition) is 1. The van der Waals surface area contributed by atoms with E-state index in [4.69, 9.17) is 5.14 Å². The van der Waals surface area contributed by atoms with E-state index in [0.717, 1.165) is 12.1 Å². The molecular weight excluding hydrogens is 365 g/mol. The molecule has 4 nitrogen and oxygen atoms in total. The van der Waals surface area contributed by atoms with Gasteiger partial charge in [-0.1, -0.05) is 18.2 Å². The number of sulfonamides is 1. The van der Waals surface area contributed by atoms with Gasteiger partial charge in [0, 0.05) is 17.3 Å². The number of aryl methyl sites for hydroxylation is 1. The Morgan fingerprint density at radius 1 is 0.923 bits per heavy atom. The Bertz CT molecular complexity index is 1090. The minimum Gasteiger partial charge on any atom is -0.256 e. The predicted octanol–water partition coefficient (Wildman–Crippen LogP) is 3.79. The number of primary sulfonamides is 1. The topological polar surface area (TPSA) is 73.0 Å². The van der Waals surface area contributed by atoms with Crippen LogP contribution in [0.5, 0.6) is 0 Å². The lowest BCUT2D eigenvalue weighted by Gasteiger charge is -2.11. The summed E-state index contributed by atoms with van der Waals surface area (Å²) < 4.78 is 64.9. The molecule has 0 unspecified atom stereocenters. The third-order valence-corrected chi connectivity index (χ3v) is 4.81. The van der Waals surface area contributed by atoms with Crippen molar-refractivity contribution in [2.45, 2.75) is 11.8 Å². The minimum absolute atomic E-state index is 0.0523. The largest absolute Gasteiger partial charge is 0.256 e. The first-order chi connectivity index (χ1) is 12.2. The van der Waals surface area contributed by atoms with Gasteiger partial charge in [0.25, 0.3) is 0 Å². The van der Waals surface area contributed by atoms with Crippen molar-refractivity contribution in [3.63, 3.8) is 0 Å². The van der Waals surface area contributed by atoms with Gasteiger partial charge in [-0.2, -0.15) is 0 Å². The molecule has 0 amide bonds. The maximum Gasteiger partial charge on any atom is 0.243 e. The van der Waals surface area contributed by atoms with Gasteiger partial charge in [0.1, 0.15) is 17.5 Å². The second kappa shape index (κ2) is 6.54. The molecule has 1 heterocycles. The van der Waals surface area contributed by atoms with Crippen LogP contribution in [0.3, 0.4) is 0 Å². The summed E-state index contributed by atoms with van der Waals surface area (Å²) >= 11 is 0. The van der Waals surface area contributed by atoms with Gasteiger partial charge >= 0.3 is 0 Å². The third-order valence-electron chi connectivity index (χ3n) is 3.85. The minimum atomic E-state index is -4.55. The van der Waals surface area contributed by atoms with Crippen molar-refractivity contribution in [1.82, 2.24) is 4.98 Å². The molecule has 0 bridgehead atoms. The average Bonchev–Trinajstić information content (AvgIpc) is 2.55. The van der Waals surface area contributed by atoms with Gasteiger partial charge in [-0.3, -0.25) is 4.98 Å². The molecule has 1 aromatic heterocycles. The molecule has 3 aromatic rings. The number of rotatable bonds is 3. The standard InChI is InChI=1S/C18H13F3N2O2S/c1-10-4-5-11(7-14(10)19)17-13(3-2-6-23-17)12-8-15(20)18(16(21)9-12)26(22,24)25/h2-9H,1H3,(H2,22,24,25). The zero-order valence-corrected chi connectivity index (χ0v) is 14.3. The molecule has 0 radical (unpaired) electrons. The summed E-state index contributed by atoms with van der Waals surface area (Å²) in [6.07, 6.45) is 1.46. The first-order valence-corrected chi connectivity index (χ1v) is 8.97. The number of benzene rings is 2. The maximum absolute atomic E-state index is 14.2. The summed E-state index contributed by atoms with van der Waals surface area (Å²) in [4.78, 5) is 2.97. The van der Waals surface area contributed by atoms with Crippen LogP contribution in [0.2, 0.25) is 0 Å². The average molecular weight is 378 g/mol. The molecule has 0 saturated heterocycles. The van der Waals surface area contributed by atoms with E-state index >= 15 is 0 Å². The van der Waals surface area contributed by atoms with Crippen LogP contribution in [0.1, 0.15) is 5.56 Å². The summed E-state index contributed by atoms with van der Waals surface area (Å²) in [6.45, 7) is 1.61. The van der Waals surface area contributed by atoms with E-state index < -0.39 is 32.4 Å². The van der Waals surface area contributed by atoms with Gasteiger partial charge in [0.2, 0.25) is 10.0 Å². The van der Waals surface area contributed by atoms with Gasteiger partial charge in [0.15, 0.2) is 4.90 Å². The Balaban J connectivity index is 2.22. The van der Waals surface area contributed by atoms with E-state index in [9.17, 15) is 21.6 Å². The van der Waals surface area contributed by atoms with Gasteiger partial charge in [0.05, 0.1) is 5.69 Å². The van der Waals surface area contributed by atoms with Gasteiger partial charge < -0.3 is 0 Å². The Morgan fingerprint density at radius 3 is 2.12 bits per heavy atom. The molecule has 0 spiro atoms. The molecule has 0 aliphatic heterocycles. The Morgan fingerprint density at radius 2 is 1.54 bits per heavy atom. The lowest BCUT2D eigenvalue weighted by Crippen LogP contribution is -2.16. The molecule has 2 aromatic carbocycles. The van der Waals surface area contributed by atoms with Crippen molar-refractivity contribution in [1.29, 1.82) is 0 Å². The number of nitrogens with two attached hydrogens (primary N) is 1. The predicted molar refractivity (Wildman–Crippen MR) is 91.1 cm³/mol. The quantitative estimate of drug-likeness (QED) is 0.754. The van der Waals surface area contributed by atoms with Gasteiger partial charge in [-0.25, -0.2) is 26.7 Å². The Hall–Kier alpha value is -2.71. The van der Waals surface area contributed by atoms with Crippen molar-refractivity contribution < 1.29 is 21.6 Å². The van der Waals surface area contributed by atoms with Gasteiger partial charge in [-0.15, -0.1) is 0 Å². The van der Waals surface area contributed by atoms with Crippen molar-refractivity contribution in [2.24, 2.45) is 5.14 Å². The second-order valence-electron chi connectivity index (χ2n) is 5.68. The zero-order valence-electron chi connectivity index (χ0n) is 13.5. The zero-order chi connectivity index (χ0) is 19.1.